The van der Waals surface area contributed by atoms with Gasteiger partial charge in [-0.3, -0.25) is 0 Å². The summed E-state index contributed by atoms with van der Waals surface area (Å²) in [4.78, 5) is 0.397. The van der Waals surface area contributed by atoms with Gasteiger partial charge >= 0.3 is 0 Å². The van der Waals surface area contributed by atoms with Gasteiger partial charge in [-0.2, -0.15) is 4.31 Å². The zero-order chi connectivity index (χ0) is 24.3. The van der Waals surface area contributed by atoms with Gasteiger partial charge in [0.15, 0.2) is 0 Å². The minimum absolute atomic E-state index is 0.0441. The Morgan fingerprint density at radius 1 is 1.00 bits per heavy atom. The fourth-order valence-corrected chi connectivity index (χ4v) is 6.40. The molecule has 1 saturated heterocycles. The summed E-state index contributed by atoms with van der Waals surface area (Å²) in [5.41, 5.74) is 3.77. The Kier molecular flexibility index (Phi) is 7.51. The average molecular weight is 483 g/mol. The third-order valence-electron chi connectivity index (χ3n) is 7.55. The summed E-state index contributed by atoms with van der Waals surface area (Å²) in [6.07, 6.45) is 4.93. The molecule has 0 unspecified atom stereocenters. The molecule has 0 saturated carbocycles. The van der Waals surface area contributed by atoms with Crippen LogP contribution in [-0.4, -0.2) is 43.6 Å². The van der Waals surface area contributed by atoms with Gasteiger partial charge in [-0.25, -0.2) is 8.42 Å². The van der Waals surface area contributed by atoms with E-state index in [1.165, 1.54) is 22.0 Å². The van der Waals surface area contributed by atoms with E-state index in [4.69, 9.17) is 4.74 Å². The first-order chi connectivity index (χ1) is 16.3. The molecule has 0 N–H and O–H groups in total. The van der Waals surface area contributed by atoms with Crippen molar-refractivity contribution in [3.8, 4) is 0 Å². The first-order valence-electron chi connectivity index (χ1n) is 12.5. The molecule has 0 bridgehead atoms. The van der Waals surface area contributed by atoms with Crippen LogP contribution in [0.25, 0.3) is 10.9 Å². The third kappa shape index (κ3) is 4.95. The molecule has 0 atom stereocenters. The molecule has 34 heavy (non-hydrogen) atoms. The van der Waals surface area contributed by atoms with E-state index >= 15 is 0 Å². The van der Waals surface area contributed by atoms with Crippen LogP contribution in [-0.2, 0) is 26.7 Å². The van der Waals surface area contributed by atoms with E-state index in [9.17, 15) is 8.42 Å². The highest BCUT2D eigenvalue weighted by molar-refractivity contribution is 7.89. The highest BCUT2D eigenvalue weighted by Gasteiger charge is 2.31. The second-order valence-corrected chi connectivity index (χ2v) is 11.9. The van der Waals surface area contributed by atoms with Crippen molar-refractivity contribution in [1.82, 2.24) is 8.87 Å². The number of benzene rings is 2. The molecule has 4 rings (SSSR count). The van der Waals surface area contributed by atoms with Crippen LogP contribution in [0, 0.1) is 0 Å². The molecule has 1 aliphatic heterocycles. The predicted molar refractivity (Wildman–Crippen MR) is 139 cm³/mol. The number of ether oxygens (including phenoxy) is 1. The number of aromatic nitrogens is 1. The molecular formula is C28H38N2O3S. The Morgan fingerprint density at radius 2 is 1.68 bits per heavy atom. The van der Waals surface area contributed by atoms with Crippen molar-refractivity contribution in [1.29, 1.82) is 0 Å². The average Bonchev–Trinajstić information content (AvgIpc) is 3.23. The van der Waals surface area contributed by atoms with Crippen LogP contribution < -0.4 is 0 Å². The van der Waals surface area contributed by atoms with Crippen LogP contribution in [0.5, 0.6) is 0 Å². The summed E-state index contributed by atoms with van der Waals surface area (Å²) >= 11 is 0. The van der Waals surface area contributed by atoms with E-state index in [1.807, 2.05) is 19.1 Å². The first kappa shape index (κ1) is 25.0. The molecule has 184 valence electrons. The van der Waals surface area contributed by atoms with Gasteiger partial charge in [-0.05, 0) is 66.8 Å². The van der Waals surface area contributed by atoms with Crippen molar-refractivity contribution in [2.45, 2.75) is 69.7 Å². The van der Waals surface area contributed by atoms with Crippen LogP contribution in [0.4, 0.5) is 0 Å². The summed E-state index contributed by atoms with van der Waals surface area (Å²) in [5, 5.41) is 1.27. The van der Waals surface area contributed by atoms with Gasteiger partial charge in [0.1, 0.15) is 0 Å². The Bertz CT molecular complexity index is 1200. The van der Waals surface area contributed by atoms with Crippen molar-refractivity contribution < 1.29 is 13.2 Å². The molecule has 0 spiro atoms. The normalized spacial score (nSPS) is 16.4. The molecule has 1 aromatic heterocycles. The monoisotopic (exact) mass is 482 g/mol. The van der Waals surface area contributed by atoms with Crippen LogP contribution in [0.1, 0.15) is 64.0 Å². The Morgan fingerprint density at radius 3 is 2.32 bits per heavy atom. The van der Waals surface area contributed by atoms with E-state index in [0.717, 1.165) is 32.4 Å². The molecule has 2 aromatic carbocycles. The molecule has 2 heterocycles. The first-order valence-corrected chi connectivity index (χ1v) is 14.0. The van der Waals surface area contributed by atoms with E-state index in [2.05, 4.69) is 55.8 Å². The lowest BCUT2D eigenvalue weighted by molar-refractivity contribution is 0.140. The van der Waals surface area contributed by atoms with Crippen LogP contribution >= 0.6 is 0 Å². The summed E-state index contributed by atoms with van der Waals surface area (Å²) in [6.45, 7) is 11.9. The van der Waals surface area contributed by atoms with Crippen LogP contribution in [0.2, 0.25) is 0 Å². The smallest absolute Gasteiger partial charge is 0.243 e. The summed E-state index contributed by atoms with van der Waals surface area (Å²) in [7, 11) is -3.48. The SMILES string of the molecule is CCOCCn1cc(C2CCN(S(=O)(=O)c3ccc(C(C)(C)CC)cc3)CC2)c2ccccc21. The summed E-state index contributed by atoms with van der Waals surface area (Å²) in [6, 6.07) is 16.0. The zero-order valence-corrected chi connectivity index (χ0v) is 21.8. The highest BCUT2D eigenvalue weighted by Crippen LogP contribution is 2.36. The van der Waals surface area contributed by atoms with E-state index in [1.54, 1.807) is 16.4 Å². The maximum Gasteiger partial charge on any atom is 0.243 e. The van der Waals surface area contributed by atoms with Crippen molar-refractivity contribution in [3.05, 3.63) is 65.9 Å². The third-order valence-corrected chi connectivity index (χ3v) is 9.46. The van der Waals surface area contributed by atoms with Crippen LogP contribution in [0.3, 0.4) is 0 Å². The maximum atomic E-state index is 13.3. The fourth-order valence-electron chi connectivity index (χ4n) is 4.93. The number of piperidine rings is 1. The molecule has 3 aromatic rings. The molecule has 0 radical (unpaired) electrons. The van der Waals surface area contributed by atoms with Crippen molar-refractivity contribution in [2.24, 2.45) is 0 Å². The van der Waals surface area contributed by atoms with E-state index < -0.39 is 10.0 Å². The number of fused-ring (bicyclic) bond motifs is 1. The van der Waals surface area contributed by atoms with Gasteiger partial charge in [-0.15, -0.1) is 0 Å². The van der Waals surface area contributed by atoms with Gasteiger partial charge in [-0.1, -0.05) is 51.1 Å². The van der Waals surface area contributed by atoms with Crippen molar-refractivity contribution in [3.63, 3.8) is 0 Å². The molecule has 5 nitrogen and oxygen atoms in total. The number of para-hydroxylation sites is 1. The largest absolute Gasteiger partial charge is 0.380 e. The number of hydrogen-bond acceptors (Lipinski definition) is 3. The molecule has 1 aliphatic rings. The fraction of sp³-hybridized carbons (Fsp3) is 0.500. The zero-order valence-electron chi connectivity index (χ0n) is 21.0. The van der Waals surface area contributed by atoms with Crippen molar-refractivity contribution >= 4 is 20.9 Å². The lowest BCUT2D eigenvalue weighted by atomic mass is 9.82. The van der Waals surface area contributed by atoms with Gasteiger partial charge in [0.25, 0.3) is 0 Å². The Labute approximate surface area is 204 Å². The lowest BCUT2D eigenvalue weighted by Gasteiger charge is -2.31. The predicted octanol–water partition coefficient (Wildman–Crippen LogP) is 5.93. The van der Waals surface area contributed by atoms with Crippen LogP contribution in [0.15, 0.2) is 59.6 Å². The minimum atomic E-state index is -3.48. The summed E-state index contributed by atoms with van der Waals surface area (Å²) in [5.74, 6) is 0.359. The molecule has 0 amide bonds. The van der Waals surface area contributed by atoms with Gasteiger partial charge in [0.05, 0.1) is 11.5 Å². The Balaban J connectivity index is 1.48. The highest BCUT2D eigenvalue weighted by atomic mass is 32.2. The van der Waals surface area contributed by atoms with E-state index in [-0.39, 0.29) is 5.41 Å². The number of nitrogens with zero attached hydrogens (tertiary/aromatic N) is 2. The molecule has 1 fully saturated rings. The van der Waals surface area contributed by atoms with Gasteiger partial charge in [0, 0.05) is 43.3 Å². The molecule has 0 aliphatic carbocycles. The quantitative estimate of drug-likeness (QED) is 0.355. The minimum Gasteiger partial charge on any atom is -0.380 e. The van der Waals surface area contributed by atoms with Crippen molar-refractivity contribution in [2.75, 3.05) is 26.3 Å². The Hall–Kier alpha value is -2.15. The molecule has 6 heteroatoms. The molecular weight excluding hydrogens is 444 g/mol. The number of hydrogen-bond donors (Lipinski definition) is 0. The number of sulfonamides is 1. The second-order valence-electron chi connectivity index (χ2n) is 9.93. The van der Waals surface area contributed by atoms with Gasteiger partial charge in [0.2, 0.25) is 10.0 Å². The summed E-state index contributed by atoms with van der Waals surface area (Å²) < 4.78 is 36.2. The maximum absolute atomic E-state index is 13.3. The second kappa shape index (κ2) is 10.2. The van der Waals surface area contributed by atoms with Gasteiger partial charge < -0.3 is 9.30 Å². The number of rotatable bonds is 9. The topological polar surface area (TPSA) is 51.5 Å². The standard InChI is InChI=1S/C28H38N2O3S/c1-5-28(3,4)23-11-13-24(14-12-23)34(31,32)30-17-15-22(16-18-30)26-21-29(19-20-33-6-2)27-10-8-7-9-25(26)27/h7-14,21-22H,5-6,15-20H2,1-4H3. The van der Waals surface area contributed by atoms with E-state index in [0.29, 0.717) is 30.5 Å². The lowest BCUT2D eigenvalue weighted by Crippen LogP contribution is -2.37.